The maximum atomic E-state index is 12.0. The van der Waals surface area contributed by atoms with Crippen molar-refractivity contribution in [2.45, 2.75) is 20.3 Å². The molecule has 0 aliphatic carbocycles. The zero-order valence-corrected chi connectivity index (χ0v) is 11.6. The van der Waals surface area contributed by atoms with Gasteiger partial charge < -0.3 is 14.7 Å². The van der Waals surface area contributed by atoms with Crippen molar-refractivity contribution < 1.29 is 14.6 Å². The first-order valence-corrected chi connectivity index (χ1v) is 6.69. The van der Waals surface area contributed by atoms with E-state index in [0.29, 0.717) is 6.54 Å². The van der Waals surface area contributed by atoms with Crippen LogP contribution in [-0.4, -0.2) is 42.2 Å². The van der Waals surface area contributed by atoms with E-state index < -0.39 is 0 Å². The third-order valence-corrected chi connectivity index (χ3v) is 3.65. The Balaban J connectivity index is 1.90. The minimum Gasteiger partial charge on any atom is -0.483 e. The van der Waals surface area contributed by atoms with Gasteiger partial charge in [0.1, 0.15) is 5.75 Å². The normalized spacial score (nSPS) is 18.7. The molecule has 104 valence electrons. The number of aliphatic hydroxyl groups excluding tert-OH is 1. The zero-order chi connectivity index (χ0) is 13.8. The number of para-hydroxylation sites is 1. The van der Waals surface area contributed by atoms with Crippen LogP contribution in [0.25, 0.3) is 0 Å². The summed E-state index contributed by atoms with van der Waals surface area (Å²) in [6, 6.07) is 5.93. The molecule has 19 heavy (non-hydrogen) atoms. The molecule has 4 nitrogen and oxygen atoms in total. The van der Waals surface area contributed by atoms with Gasteiger partial charge in [-0.05, 0) is 31.4 Å². The first kappa shape index (κ1) is 13.9. The van der Waals surface area contributed by atoms with Gasteiger partial charge in [-0.1, -0.05) is 18.2 Å². The van der Waals surface area contributed by atoms with Gasteiger partial charge in [-0.25, -0.2) is 0 Å². The summed E-state index contributed by atoms with van der Waals surface area (Å²) in [5, 5.41) is 9.08. The van der Waals surface area contributed by atoms with E-state index in [1.54, 1.807) is 4.90 Å². The Kier molecular flexibility index (Phi) is 4.43. The Morgan fingerprint density at radius 1 is 1.42 bits per heavy atom. The second-order valence-electron chi connectivity index (χ2n) is 5.19. The average molecular weight is 263 g/mol. The monoisotopic (exact) mass is 263 g/mol. The molecule has 0 aromatic heterocycles. The predicted octanol–water partition coefficient (Wildman–Crippen LogP) is 1.52. The number of amides is 1. The van der Waals surface area contributed by atoms with Gasteiger partial charge in [0.2, 0.25) is 0 Å². The number of carbonyl (C=O) groups excluding carboxylic acids is 1. The van der Waals surface area contributed by atoms with Crippen molar-refractivity contribution >= 4 is 5.91 Å². The number of ether oxygens (including phenoxy) is 1. The molecular formula is C15H21NO3. The summed E-state index contributed by atoms with van der Waals surface area (Å²) in [7, 11) is 0. The number of carbonyl (C=O) groups is 1. The van der Waals surface area contributed by atoms with Crippen LogP contribution in [0.3, 0.4) is 0 Å². The van der Waals surface area contributed by atoms with Crippen molar-refractivity contribution in [1.82, 2.24) is 4.90 Å². The van der Waals surface area contributed by atoms with Gasteiger partial charge in [0, 0.05) is 25.6 Å². The predicted molar refractivity (Wildman–Crippen MR) is 73.2 cm³/mol. The van der Waals surface area contributed by atoms with Crippen LogP contribution in [0.4, 0.5) is 0 Å². The van der Waals surface area contributed by atoms with Crippen molar-refractivity contribution in [3.05, 3.63) is 29.3 Å². The lowest BCUT2D eigenvalue weighted by Gasteiger charge is -2.18. The molecule has 1 aliphatic rings. The zero-order valence-electron chi connectivity index (χ0n) is 11.6. The molecule has 0 saturated carbocycles. The van der Waals surface area contributed by atoms with Gasteiger partial charge in [0.15, 0.2) is 6.61 Å². The summed E-state index contributed by atoms with van der Waals surface area (Å²) >= 11 is 0. The number of hydrogen-bond acceptors (Lipinski definition) is 3. The second-order valence-corrected chi connectivity index (χ2v) is 5.19. The van der Waals surface area contributed by atoms with Crippen LogP contribution in [0.15, 0.2) is 18.2 Å². The van der Waals surface area contributed by atoms with Crippen molar-refractivity contribution in [1.29, 1.82) is 0 Å². The van der Waals surface area contributed by atoms with Gasteiger partial charge >= 0.3 is 0 Å². The van der Waals surface area contributed by atoms with E-state index in [-0.39, 0.29) is 25.0 Å². The fourth-order valence-corrected chi connectivity index (χ4v) is 2.46. The van der Waals surface area contributed by atoms with E-state index in [1.807, 2.05) is 32.0 Å². The van der Waals surface area contributed by atoms with Gasteiger partial charge in [0.05, 0.1) is 0 Å². The van der Waals surface area contributed by atoms with Crippen molar-refractivity contribution in [3.8, 4) is 5.75 Å². The standard InChI is InChI=1S/C15H21NO3/c1-11-4-3-5-12(2)15(11)19-10-14(18)16-7-6-13(8-16)9-17/h3-5,13,17H,6-10H2,1-2H3. The molecule has 4 heteroatoms. The average Bonchev–Trinajstić information content (AvgIpc) is 2.86. The number of likely N-dealkylation sites (tertiary alicyclic amines) is 1. The third kappa shape index (κ3) is 3.26. The molecule has 1 fully saturated rings. The lowest BCUT2D eigenvalue weighted by molar-refractivity contribution is -0.132. The largest absolute Gasteiger partial charge is 0.483 e. The quantitative estimate of drug-likeness (QED) is 0.896. The molecule has 1 unspecified atom stereocenters. The highest BCUT2D eigenvalue weighted by molar-refractivity contribution is 5.78. The van der Waals surface area contributed by atoms with Crippen LogP contribution in [0, 0.1) is 19.8 Å². The Hall–Kier alpha value is -1.55. The van der Waals surface area contributed by atoms with E-state index in [9.17, 15) is 4.79 Å². The number of benzene rings is 1. The molecule has 0 spiro atoms. The highest BCUT2D eigenvalue weighted by atomic mass is 16.5. The number of aryl methyl sites for hydroxylation is 2. The highest BCUT2D eigenvalue weighted by Crippen LogP contribution is 2.22. The molecule has 1 aromatic carbocycles. The van der Waals surface area contributed by atoms with E-state index >= 15 is 0 Å². The lowest BCUT2D eigenvalue weighted by Crippen LogP contribution is -2.33. The molecule has 1 heterocycles. The van der Waals surface area contributed by atoms with E-state index in [4.69, 9.17) is 9.84 Å². The van der Waals surface area contributed by atoms with Gasteiger partial charge in [-0.15, -0.1) is 0 Å². The molecule has 1 saturated heterocycles. The Labute approximate surface area is 114 Å². The summed E-state index contributed by atoms with van der Waals surface area (Å²) in [6.07, 6.45) is 0.881. The maximum Gasteiger partial charge on any atom is 0.260 e. The van der Waals surface area contributed by atoms with E-state index in [0.717, 1.165) is 29.8 Å². The first-order chi connectivity index (χ1) is 9.11. The molecule has 2 rings (SSSR count). The fraction of sp³-hybridized carbons (Fsp3) is 0.533. The smallest absolute Gasteiger partial charge is 0.260 e. The van der Waals surface area contributed by atoms with Crippen LogP contribution < -0.4 is 4.74 Å². The van der Waals surface area contributed by atoms with Crippen LogP contribution in [0.2, 0.25) is 0 Å². The maximum absolute atomic E-state index is 12.0. The van der Waals surface area contributed by atoms with Crippen LogP contribution in [-0.2, 0) is 4.79 Å². The number of rotatable bonds is 4. The summed E-state index contributed by atoms with van der Waals surface area (Å²) < 4.78 is 5.66. The number of aliphatic hydroxyl groups is 1. The Morgan fingerprint density at radius 3 is 2.68 bits per heavy atom. The first-order valence-electron chi connectivity index (χ1n) is 6.69. The molecule has 1 aromatic rings. The van der Waals surface area contributed by atoms with Crippen LogP contribution in [0.1, 0.15) is 17.5 Å². The SMILES string of the molecule is Cc1cccc(C)c1OCC(=O)N1CCC(CO)C1. The molecule has 1 amide bonds. The second kappa shape index (κ2) is 6.06. The van der Waals surface area contributed by atoms with E-state index in [2.05, 4.69) is 0 Å². The molecule has 1 N–H and O–H groups in total. The van der Waals surface area contributed by atoms with Crippen molar-refractivity contribution in [3.63, 3.8) is 0 Å². The summed E-state index contributed by atoms with van der Waals surface area (Å²) in [5.74, 6) is 1.02. The van der Waals surface area contributed by atoms with Crippen molar-refractivity contribution in [2.75, 3.05) is 26.3 Å². The minimum atomic E-state index is -0.00129. The Bertz CT molecular complexity index is 438. The molecular weight excluding hydrogens is 242 g/mol. The van der Waals surface area contributed by atoms with Gasteiger partial charge in [0.25, 0.3) is 5.91 Å². The van der Waals surface area contributed by atoms with Crippen LogP contribution in [0.5, 0.6) is 5.75 Å². The lowest BCUT2D eigenvalue weighted by atomic mass is 10.1. The topological polar surface area (TPSA) is 49.8 Å². The van der Waals surface area contributed by atoms with Gasteiger partial charge in [-0.2, -0.15) is 0 Å². The summed E-state index contributed by atoms with van der Waals surface area (Å²) in [5.41, 5.74) is 2.09. The molecule has 0 radical (unpaired) electrons. The Morgan fingerprint density at radius 2 is 2.11 bits per heavy atom. The highest BCUT2D eigenvalue weighted by Gasteiger charge is 2.25. The fourth-order valence-electron chi connectivity index (χ4n) is 2.46. The molecule has 0 bridgehead atoms. The molecule has 1 atom stereocenters. The summed E-state index contributed by atoms with van der Waals surface area (Å²) in [4.78, 5) is 13.8. The number of nitrogens with zero attached hydrogens (tertiary/aromatic N) is 1. The summed E-state index contributed by atoms with van der Waals surface area (Å²) in [6.45, 7) is 5.55. The van der Waals surface area contributed by atoms with Gasteiger partial charge in [-0.3, -0.25) is 4.79 Å². The third-order valence-electron chi connectivity index (χ3n) is 3.65. The number of hydrogen-bond donors (Lipinski definition) is 1. The van der Waals surface area contributed by atoms with E-state index in [1.165, 1.54) is 0 Å². The minimum absolute atomic E-state index is 0.00129. The van der Waals surface area contributed by atoms with Crippen molar-refractivity contribution in [2.24, 2.45) is 5.92 Å². The van der Waals surface area contributed by atoms with Crippen LogP contribution >= 0.6 is 0 Å². The molecule has 1 aliphatic heterocycles.